The summed E-state index contributed by atoms with van der Waals surface area (Å²) in [5.74, 6) is 0. The van der Waals surface area contributed by atoms with Gasteiger partial charge in [-0.1, -0.05) is 140 Å². The van der Waals surface area contributed by atoms with Crippen LogP contribution in [0.3, 0.4) is 0 Å². The standard InChI is InChI=1S/C45H86N2O2/c1-6-8-10-12-14-16-18-20-22-24-26-28-30-32-34-36-42-48-44-45(38-39-47(5)41-40-46(3)4)49-43-37-35-33-31-29-27-25-23-21-19-17-15-13-11-9-7-2/h14-17,20-23,45H,6-13,18-19,24-44H2,1-5H3. The summed E-state index contributed by atoms with van der Waals surface area (Å²) in [6.07, 6.45) is 50.8. The summed E-state index contributed by atoms with van der Waals surface area (Å²) in [7, 11) is 6.52. The topological polar surface area (TPSA) is 24.9 Å². The third-order valence-corrected chi connectivity index (χ3v) is 9.25. The van der Waals surface area contributed by atoms with E-state index >= 15 is 0 Å². The maximum atomic E-state index is 6.38. The number of nitrogens with zero attached hydrogens (tertiary/aromatic N) is 2. The maximum absolute atomic E-state index is 6.38. The fourth-order valence-corrected chi connectivity index (χ4v) is 5.81. The fourth-order valence-electron chi connectivity index (χ4n) is 5.81. The number of ether oxygens (including phenoxy) is 2. The average Bonchev–Trinajstić information content (AvgIpc) is 3.10. The van der Waals surface area contributed by atoms with Gasteiger partial charge in [-0.2, -0.15) is 0 Å². The Morgan fingerprint density at radius 1 is 0.449 bits per heavy atom. The number of rotatable bonds is 39. The first-order chi connectivity index (χ1) is 24.1. The monoisotopic (exact) mass is 687 g/mol. The van der Waals surface area contributed by atoms with Crippen LogP contribution in [0.15, 0.2) is 48.6 Å². The summed E-state index contributed by atoms with van der Waals surface area (Å²) < 4.78 is 12.5. The van der Waals surface area contributed by atoms with Gasteiger partial charge in [-0.3, -0.25) is 0 Å². The molecule has 0 heterocycles. The summed E-state index contributed by atoms with van der Waals surface area (Å²) >= 11 is 0. The van der Waals surface area contributed by atoms with Gasteiger partial charge in [0, 0.05) is 32.8 Å². The molecule has 0 aliphatic heterocycles. The van der Waals surface area contributed by atoms with Gasteiger partial charge >= 0.3 is 0 Å². The predicted octanol–water partition coefficient (Wildman–Crippen LogP) is 12.9. The van der Waals surface area contributed by atoms with Crippen molar-refractivity contribution in [3.8, 4) is 0 Å². The van der Waals surface area contributed by atoms with Gasteiger partial charge in [-0.15, -0.1) is 0 Å². The Labute approximate surface area is 308 Å². The molecule has 0 aliphatic rings. The summed E-state index contributed by atoms with van der Waals surface area (Å²) in [5, 5.41) is 0. The Bertz CT molecular complexity index is 744. The molecule has 49 heavy (non-hydrogen) atoms. The Kier molecular flexibility index (Phi) is 40.2. The smallest absolute Gasteiger partial charge is 0.0820 e. The number of unbranched alkanes of at least 4 members (excludes halogenated alkanes) is 18. The lowest BCUT2D eigenvalue weighted by molar-refractivity contribution is -0.0255. The van der Waals surface area contributed by atoms with Gasteiger partial charge < -0.3 is 19.3 Å². The van der Waals surface area contributed by atoms with Crippen LogP contribution in [0.5, 0.6) is 0 Å². The molecule has 1 atom stereocenters. The first-order valence-electron chi connectivity index (χ1n) is 21.2. The molecule has 0 saturated heterocycles. The maximum Gasteiger partial charge on any atom is 0.0820 e. The number of hydrogen-bond donors (Lipinski definition) is 0. The van der Waals surface area contributed by atoms with Crippen molar-refractivity contribution in [3.63, 3.8) is 0 Å². The van der Waals surface area contributed by atoms with E-state index in [1.54, 1.807) is 0 Å². The molecule has 0 bridgehead atoms. The Morgan fingerprint density at radius 3 is 1.35 bits per heavy atom. The number of allylic oxidation sites excluding steroid dienone is 8. The van der Waals surface area contributed by atoms with Crippen LogP contribution < -0.4 is 0 Å². The molecule has 4 heteroatoms. The Morgan fingerprint density at radius 2 is 0.878 bits per heavy atom. The molecule has 0 aliphatic carbocycles. The molecule has 0 radical (unpaired) electrons. The molecule has 4 nitrogen and oxygen atoms in total. The van der Waals surface area contributed by atoms with Gasteiger partial charge in [-0.05, 0) is 105 Å². The normalized spacial score (nSPS) is 13.2. The van der Waals surface area contributed by atoms with Crippen LogP contribution in [-0.2, 0) is 9.47 Å². The van der Waals surface area contributed by atoms with Crippen molar-refractivity contribution in [2.24, 2.45) is 0 Å². The molecule has 288 valence electrons. The highest BCUT2D eigenvalue weighted by Gasteiger charge is 2.11. The summed E-state index contributed by atoms with van der Waals surface area (Å²) in [5.41, 5.74) is 0. The van der Waals surface area contributed by atoms with E-state index in [0.29, 0.717) is 0 Å². The van der Waals surface area contributed by atoms with Crippen LogP contribution >= 0.6 is 0 Å². The molecule has 1 unspecified atom stereocenters. The van der Waals surface area contributed by atoms with Crippen molar-refractivity contribution in [2.75, 3.05) is 60.6 Å². The largest absolute Gasteiger partial charge is 0.379 e. The number of likely N-dealkylation sites (N-methyl/N-ethyl adjacent to an activating group) is 2. The average molecular weight is 687 g/mol. The molecule has 0 aromatic heterocycles. The second kappa shape index (κ2) is 41.2. The lowest BCUT2D eigenvalue weighted by Crippen LogP contribution is -2.32. The summed E-state index contributed by atoms with van der Waals surface area (Å²) in [4.78, 5) is 4.69. The van der Waals surface area contributed by atoms with E-state index in [4.69, 9.17) is 9.47 Å². The van der Waals surface area contributed by atoms with E-state index in [-0.39, 0.29) is 6.10 Å². The third-order valence-electron chi connectivity index (χ3n) is 9.25. The zero-order chi connectivity index (χ0) is 35.7. The molecule has 0 aromatic carbocycles. The second-order valence-corrected chi connectivity index (χ2v) is 14.6. The van der Waals surface area contributed by atoms with Crippen molar-refractivity contribution in [2.45, 2.75) is 180 Å². The molecular formula is C45H86N2O2. The lowest BCUT2D eigenvalue weighted by Gasteiger charge is -2.23. The van der Waals surface area contributed by atoms with Gasteiger partial charge in [0.25, 0.3) is 0 Å². The zero-order valence-electron chi connectivity index (χ0n) is 33.8. The van der Waals surface area contributed by atoms with Crippen molar-refractivity contribution in [1.82, 2.24) is 9.80 Å². The molecule has 0 N–H and O–H groups in total. The second-order valence-electron chi connectivity index (χ2n) is 14.6. The van der Waals surface area contributed by atoms with Crippen molar-refractivity contribution >= 4 is 0 Å². The molecular weight excluding hydrogens is 601 g/mol. The predicted molar refractivity (Wildman–Crippen MR) is 220 cm³/mol. The van der Waals surface area contributed by atoms with Crippen LogP contribution in [0.25, 0.3) is 0 Å². The summed E-state index contributed by atoms with van der Waals surface area (Å²) in [6, 6.07) is 0. The van der Waals surface area contributed by atoms with Gasteiger partial charge in [-0.25, -0.2) is 0 Å². The van der Waals surface area contributed by atoms with E-state index in [9.17, 15) is 0 Å². The third kappa shape index (κ3) is 41.1. The first-order valence-corrected chi connectivity index (χ1v) is 21.2. The van der Waals surface area contributed by atoms with Crippen LogP contribution in [0.4, 0.5) is 0 Å². The minimum absolute atomic E-state index is 0.212. The molecule has 0 fully saturated rings. The molecule has 0 amide bonds. The van der Waals surface area contributed by atoms with E-state index in [2.05, 4.69) is 93.4 Å². The van der Waals surface area contributed by atoms with E-state index < -0.39 is 0 Å². The van der Waals surface area contributed by atoms with Crippen LogP contribution in [0, 0.1) is 0 Å². The van der Waals surface area contributed by atoms with E-state index in [1.165, 1.54) is 141 Å². The van der Waals surface area contributed by atoms with E-state index in [0.717, 1.165) is 58.7 Å². The van der Waals surface area contributed by atoms with Crippen LogP contribution in [-0.4, -0.2) is 76.5 Å². The molecule has 0 spiro atoms. The van der Waals surface area contributed by atoms with Crippen molar-refractivity contribution in [1.29, 1.82) is 0 Å². The van der Waals surface area contributed by atoms with Crippen LogP contribution in [0.1, 0.15) is 174 Å². The highest BCUT2D eigenvalue weighted by molar-refractivity contribution is 4.93. The SMILES string of the molecule is CCCCCC=CCC=CCCCCCCCCOCC(CCN(C)CCN(C)C)OCCCCCCCCC=CCC=CCCCCC. The molecule has 0 rings (SSSR count). The van der Waals surface area contributed by atoms with Gasteiger partial charge in [0.05, 0.1) is 12.7 Å². The lowest BCUT2D eigenvalue weighted by atomic mass is 10.1. The number of hydrogen-bond acceptors (Lipinski definition) is 4. The van der Waals surface area contributed by atoms with Gasteiger partial charge in [0.15, 0.2) is 0 Å². The zero-order valence-corrected chi connectivity index (χ0v) is 33.8. The minimum Gasteiger partial charge on any atom is -0.379 e. The Balaban J connectivity index is 3.94. The van der Waals surface area contributed by atoms with Crippen molar-refractivity contribution in [3.05, 3.63) is 48.6 Å². The van der Waals surface area contributed by atoms with Gasteiger partial charge in [0.1, 0.15) is 0 Å². The Hall–Kier alpha value is -1.20. The van der Waals surface area contributed by atoms with Crippen molar-refractivity contribution < 1.29 is 9.47 Å². The van der Waals surface area contributed by atoms with Crippen LogP contribution in [0.2, 0.25) is 0 Å². The van der Waals surface area contributed by atoms with Gasteiger partial charge in [0.2, 0.25) is 0 Å². The minimum atomic E-state index is 0.212. The highest BCUT2D eigenvalue weighted by atomic mass is 16.5. The molecule has 0 saturated carbocycles. The van der Waals surface area contributed by atoms with E-state index in [1.807, 2.05) is 0 Å². The highest BCUT2D eigenvalue weighted by Crippen LogP contribution is 2.11. The first kappa shape index (κ1) is 47.8. The quantitative estimate of drug-likeness (QED) is 0.0475. The fraction of sp³-hybridized carbons (Fsp3) is 0.822. The summed E-state index contributed by atoms with van der Waals surface area (Å²) in [6.45, 7) is 10.3. The molecule has 0 aromatic rings.